The molecule has 0 saturated carbocycles. The van der Waals surface area contributed by atoms with Crippen molar-refractivity contribution < 1.29 is 14.3 Å². The molecule has 0 saturated heterocycles. The Kier molecular flexibility index (Phi) is 5.83. The zero-order valence-corrected chi connectivity index (χ0v) is 13.0. The molecule has 2 rings (SSSR count). The lowest BCUT2D eigenvalue weighted by molar-refractivity contribution is 0.197. The summed E-state index contributed by atoms with van der Waals surface area (Å²) in [6.07, 6.45) is 0.295. The number of carbonyl (C=O) groups excluding carboxylic acids is 1. The Labute approximate surface area is 131 Å². The Morgan fingerprint density at radius 2 is 1.86 bits per heavy atom. The van der Waals surface area contributed by atoms with Gasteiger partial charge in [-0.15, -0.1) is 0 Å². The second-order valence-corrected chi connectivity index (χ2v) is 4.94. The number of hydrogen-bond acceptors (Lipinski definition) is 3. The predicted octanol–water partition coefficient (Wildman–Crippen LogP) is 3.72. The van der Waals surface area contributed by atoms with E-state index in [-0.39, 0.29) is 0 Å². The van der Waals surface area contributed by atoms with Gasteiger partial charge in [-0.25, -0.2) is 4.79 Å². The fraction of sp³-hybridized carbons (Fsp3) is 0.278. The van der Waals surface area contributed by atoms with Gasteiger partial charge in [-0.2, -0.15) is 0 Å². The van der Waals surface area contributed by atoms with Crippen LogP contribution in [0.15, 0.2) is 48.5 Å². The molecule has 0 spiro atoms. The molecule has 0 radical (unpaired) electrons. The summed E-state index contributed by atoms with van der Waals surface area (Å²) in [5.41, 5.74) is 2.40. The van der Waals surface area contributed by atoms with Crippen molar-refractivity contribution in [2.24, 2.45) is 0 Å². The summed E-state index contributed by atoms with van der Waals surface area (Å²) < 4.78 is 10.7. The van der Waals surface area contributed by atoms with Crippen LogP contribution in [0.25, 0.3) is 0 Å². The monoisotopic (exact) mass is 299 g/mol. The van der Waals surface area contributed by atoms with Crippen LogP contribution < -0.4 is 14.8 Å². The van der Waals surface area contributed by atoms with Crippen LogP contribution in [0.3, 0.4) is 0 Å². The Morgan fingerprint density at radius 1 is 1.09 bits per heavy atom. The molecule has 4 nitrogen and oxygen atoms in total. The molecule has 0 aliphatic carbocycles. The SMILES string of the molecule is CCOc1ccccc1OC(=O)NCCc1cccc(C)c1. The molecular weight excluding hydrogens is 278 g/mol. The van der Waals surface area contributed by atoms with E-state index in [2.05, 4.69) is 24.4 Å². The van der Waals surface area contributed by atoms with Gasteiger partial charge in [0.2, 0.25) is 0 Å². The van der Waals surface area contributed by atoms with E-state index in [0.717, 1.165) is 6.42 Å². The maximum Gasteiger partial charge on any atom is 0.412 e. The van der Waals surface area contributed by atoms with E-state index in [0.29, 0.717) is 24.7 Å². The van der Waals surface area contributed by atoms with Gasteiger partial charge < -0.3 is 14.8 Å². The van der Waals surface area contributed by atoms with Gasteiger partial charge in [0, 0.05) is 6.54 Å². The zero-order valence-electron chi connectivity index (χ0n) is 13.0. The highest BCUT2D eigenvalue weighted by Crippen LogP contribution is 2.26. The topological polar surface area (TPSA) is 47.6 Å². The molecule has 0 unspecified atom stereocenters. The molecule has 2 aromatic carbocycles. The van der Waals surface area contributed by atoms with E-state index in [1.807, 2.05) is 25.1 Å². The molecule has 1 amide bonds. The van der Waals surface area contributed by atoms with Crippen molar-refractivity contribution in [1.82, 2.24) is 5.32 Å². The average molecular weight is 299 g/mol. The zero-order chi connectivity index (χ0) is 15.8. The van der Waals surface area contributed by atoms with E-state index in [1.54, 1.807) is 18.2 Å². The minimum atomic E-state index is -0.472. The number of para-hydroxylation sites is 2. The lowest BCUT2D eigenvalue weighted by Crippen LogP contribution is -2.28. The first kappa shape index (κ1) is 15.9. The van der Waals surface area contributed by atoms with Gasteiger partial charge in [-0.3, -0.25) is 0 Å². The first-order valence-electron chi connectivity index (χ1n) is 7.42. The van der Waals surface area contributed by atoms with Crippen molar-refractivity contribution in [3.8, 4) is 11.5 Å². The molecule has 22 heavy (non-hydrogen) atoms. The van der Waals surface area contributed by atoms with Gasteiger partial charge in [-0.1, -0.05) is 42.0 Å². The highest BCUT2D eigenvalue weighted by molar-refractivity contribution is 5.71. The molecular formula is C18H21NO3. The summed E-state index contributed by atoms with van der Waals surface area (Å²) in [7, 11) is 0. The minimum Gasteiger partial charge on any atom is -0.490 e. The molecule has 0 fully saturated rings. The first-order chi connectivity index (χ1) is 10.7. The molecule has 0 heterocycles. The van der Waals surface area contributed by atoms with Gasteiger partial charge in [-0.05, 0) is 38.0 Å². The number of nitrogens with one attached hydrogen (secondary N) is 1. The van der Waals surface area contributed by atoms with Crippen LogP contribution >= 0.6 is 0 Å². The maximum atomic E-state index is 11.8. The fourth-order valence-corrected chi connectivity index (χ4v) is 2.12. The Balaban J connectivity index is 1.83. The van der Waals surface area contributed by atoms with E-state index < -0.39 is 6.09 Å². The summed E-state index contributed by atoms with van der Waals surface area (Å²) in [6.45, 7) is 4.99. The highest BCUT2D eigenvalue weighted by Gasteiger charge is 2.09. The van der Waals surface area contributed by atoms with E-state index >= 15 is 0 Å². The summed E-state index contributed by atoms with van der Waals surface area (Å²) >= 11 is 0. The summed E-state index contributed by atoms with van der Waals surface area (Å²) in [5.74, 6) is 0.997. The summed E-state index contributed by atoms with van der Waals surface area (Å²) in [6, 6.07) is 15.4. The van der Waals surface area contributed by atoms with Crippen LogP contribution in [0.5, 0.6) is 11.5 Å². The predicted molar refractivity (Wildman–Crippen MR) is 86.5 cm³/mol. The Hall–Kier alpha value is -2.49. The van der Waals surface area contributed by atoms with Crippen LogP contribution in [0.4, 0.5) is 4.79 Å². The molecule has 1 N–H and O–H groups in total. The number of aryl methyl sites for hydroxylation is 1. The molecule has 0 aromatic heterocycles. The van der Waals surface area contributed by atoms with Crippen molar-refractivity contribution >= 4 is 6.09 Å². The van der Waals surface area contributed by atoms with Crippen molar-refractivity contribution in [3.05, 3.63) is 59.7 Å². The van der Waals surface area contributed by atoms with Crippen molar-refractivity contribution in [1.29, 1.82) is 0 Å². The van der Waals surface area contributed by atoms with Crippen molar-refractivity contribution in [2.75, 3.05) is 13.2 Å². The number of rotatable bonds is 6. The third-order valence-electron chi connectivity index (χ3n) is 3.12. The van der Waals surface area contributed by atoms with Crippen LogP contribution in [-0.4, -0.2) is 19.2 Å². The third kappa shape index (κ3) is 4.81. The first-order valence-corrected chi connectivity index (χ1v) is 7.42. The van der Waals surface area contributed by atoms with E-state index in [4.69, 9.17) is 9.47 Å². The van der Waals surface area contributed by atoms with E-state index in [9.17, 15) is 4.79 Å². The summed E-state index contributed by atoms with van der Waals surface area (Å²) in [4.78, 5) is 11.8. The van der Waals surface area contributed by atoms with Crippen LogP contribution in [-0.2, 0) is 6.42 Å². The van der Waals surface area contributed by atoms with Gasteiger partial charge in [0.25, 0.3) is 0 Å². The second kappa shape index (κ2) is 8.08. The van der Waals surface area contributed by atoms with Crippen LogP contribution in [0.1, 0.15) is 18.1 Å². The molecule has 0 aliphatic heterocycles. The van der Waals surface area contributed by atoms with Crippen LogP contribution in [0, 0.1) is 6.92 Å². The average Bonchev–Trinajstić information content (AvgIpc) is 2.49. The number of ether oxygens (including phenoxy) is 2. The quantitative estimate of drug-likeness (QED) is 0.884. The van der Waals surface area contributed by atoms with Gasteiger partial charge in [0.05, 0.1) is 6.61 Å². The number of benzene rings is 2. The molecule has 4 heteroatoms. The van der Waals surface area contributed by atoms with Crippen LogP contribution in [0.2, 0.25) is 0 Å². The Morgan fingerprint density at radius 3 is 2.59 bits per heavy atom. The van der Waals surface area contributed by atoms with Crippen molar-refractivity contribution in [2.45, 2.75) is 20.3 Å². The van der Waals surface area contributed by atoms with Crippen molar-refractivity contribution in [3.63, 3.8) is 0 Å². The summed E-state index contributed by atoms with van der Waals surface area (Å²) in [5, 5.41) is 2.75. The van der Waals surface area contributed by atoms with E-state index in [1.165, 1.54) is 11.1 Å². The lowest BCUT2D eigenvalue weighted by atomic mass is 10.1. The van der Waals surface area contributed by atoms with Gasteiger partial charge >= 0.3 is 6.09 Å². The third-order valence-corrected chi connectivity index (χ3v) is 3.12. The molecule has 0 aliphatic rings. The fourth-order valence-electron chi connectivity index (χ4n) is 2.12. The number of amides is 1. The molecule has 0 bridgehead atoms. The van der Waals surface area contributed by atoms with Gasteiger partial charge in [0.15, 0.2) is 11.5 Å². The second-order valence-electron chi connectivity index (χ2n) is 4.94. The smallest absolute Gasteiger partial charge is 0.412 e. The number of carbonyl (C=O) groups is 1. The lowest BCUT2D eigenvalue weighted by Gasteiger charge is -2.11. The highest BCUT2D eigenvalue weighted by atomic mass is 16.6. The Bertz CT molecular complexity index is 625. The molecule has 0 atom stereocenters. The molecule has 116 valence electrons. The molecule has 2 aromatic rings. The minimum absolute atomic E-state index is 0.428. The maximum absolute atomic E-state index is 11.8. The van der Waals surface area contributed by atoms with Gasteiger partial charge in [0.1, 0.15) is 0 Å². The normalized spacial score (nSPS) is 10.1. The number of hydrogen-bond donors (Lipinski definition) is 1. The largest absolute Gasteiger partial charge is 0.490 e. The standard InChI is InChI=1S/C18H21NO3/c1-3-21-16-9-4-5-10-17(16)22-18(20)19-12-11-15-8-6-7-14(2)13-15/h4-10,13H,3,11-12H2,1-2H3,(H,19,20).